The Morgan fingerprint density at radius 1 is 0.810 bits per heavy atom. The molecule has 4 atom stereocenters. The van der Waals surface area contributed by atoms with Gasteiger partial charge in [0.25, 0.3) is 0 Å². The first-order chi connectivity index (χ1) is 10.0. The van der Waals surface area contributed by atoms with Gasteiger partial charge in [0.15, 0.2) is 0 Å². The Hall–Kier alpha value is -0.940. The van der Waals surface area contributed by atoms with Gasteiger partial charge in [0.2, 0.25) is 5.91 Å². The van der Waals surface area contributed by atoms with E-state index >= 15 is 0 Å². The molecule has 0 spiro atoms. The van der Waals surface area contributed by atoms with Crippen molar-refractivity contribution in [3.8, 4) is 0 Å². The van der Waals surface area contributed by atoms with Crippen molar-refractivity contribution >= 4 is 11.7 Å². The van der Waals surface area contributed by atoms with Gasteiger partial charge in [0, 0.05) is 50.0 Å². The molecule has 4 saturated heterocycles. The number of rotatable bonds is 0. The van der Waals surface area contributed by atoms with Crippen LogP contribution >= 0.6 is 0 Å². The van der Waals surface area contributed by atoms with Gasteiger partial charge in [0.1, 0.15) is 5.78 Å². The molecule has 4 rings (SSSR count). The normalized spacial score (nSPS) is 39.5. The predicted molar refractivity (Wildman–Crippen MR) is 81.0 cm³/mol. The molecule has 5 heteroatoms. The van der Waals surface area contributed by atoms with Crippen molar-refractivity contribution in [2.45, 2.75) is 69.1 Å². The van der Waals surface area contributed by atoms with Crippen LogP contribution < -0.4 is 5.32 Å². The van der Waals surface area contributed by atoms with E-state index < -0.39 is 0 Å². The SMILES string of the molecule is CN1C2CCC1CC(=O)NC2.CN1[C@@H]2CC[C@H]1CC(=O)C2. The Morgan fingerprint density at radius 3 is 1.90 bits per heavy atom. The minimum absolute atomic E-state index is 0.226. The number of likely N-dealkylation sites (N-methyl/N-ethyl adjacent to an activating group) is 1. The summed E-state index contributed by atoms with van der Waals surface area (Å²) < 4.78 is 0. The summed E-state index contributed by atoms with van der Waals surface area (Å²) in [5.41, 5.74) is 0. The van der Waals surface area contributed by atoms with E-state index in [2.05, 4.69) is 29.2 Å². The third-order valence-corrected chi connectivity index (χ3v) is 5.85. The van der Waals surface area contributed by atoms with Crippen molar-refractivity contribution in [1.29, 1.82) is 0 Å². The van der Waals surface area contributed by atoms with Crippen LogP contribution in [-0.4, -0.2) is 66.3 Å². The quantitative estimate of drug-likeness (QED) is 0.717. The highest BCUT2D eigenvalue weighted by atomic mass is 16.1. The molecular weight excluding hydrogens is 266 g/mol. The number of hydrogen-bond acceptors (Lipinski definition) is 4. The van der Waals surface area contributed by atoms with E-state index in [4.69, 9.17) is 0 Å². The second-order valence-electron chi connectivity index (χ2n) is 7.06. The minimum atomic E-state index is 0.226. The van der Waals surface area contributed by atoms with Crippen LogP contribution in [-0.2, 0) is 9.59 Å². The zero-order chi connectivity index (χ0) is 15.0. The van der Waals surface area contributed by atoms with E-state index in [1.165, 1.54) is 25.7 Å². The van der Waals surface area contributed by atoms with Crippen molar-refractivity contribution in [1.82, 2.24) is 15.1 Å². The first-order valence-electron chi connectivity index (χ1n) is 8.27. The maximum Gasteiger partial charge on any atom is 0.221 e. The number of carbonyl (C=O) groups excluding carboxylic acids is 2. The number of hydrogen-bond donors (Lipinski definition) is 1. The van der Waals surface area contributed by atoms with Crippen molar-refractivity contribution in [2.75, 3.05) is 20.6 Å². The second kappa shape index (κ2) is 6.05. The lowest BCUT2D eigenvalue weighted by Gasteiger charge is -2.29. The average Bonchev–Trinajstić information content (AvgIpc) is 2.80. The van der Waals surface area contributed by atoms with Crippen molar-refractivity contribution < 1.29 is 9.59 Å². The average molecular weight is 293 g/mol. The number of piperidine rings is 1. The van der Waals surface area contributed by atoms with E-state index in [-0.39, 0.29) is 5.91 Å². The van der Waals surface area contributed by atoms with Crippen LogP contribution in [0.15, 0.2) is 0 Å². The van der Waals surface area contributed by atoms with Gasteiger partial charge in [-0.3, -0.25) is 19.4 Å². The van der Waals surface area contributed by atoms with Crippen LogP contribution in [0.3, 0.4) is 0 Å². The second-order valence-corrected chi connectivity index (χ2v) is 7.06. The number of nitrogens with one attached hydrogen (secondary N) is 1. The van der Waals surface area contributed by atoms with Gasteiger partial charge in [-0.15, -0.1) is 0 Å². The molecule has 0 saturated carbocycles. The molecule has 0 aromatic carbocycles. The maximum absolute atomic E-state index is 11.1. The molecule has 1 N–H and O–H groups in total. The molecule has 4 aliphatic heterocycles. The molecule has 5 nitrogen and oxygen atoms in total. The predicted octanol–water partition coefficient (Wildman–Crippen LogP) is 0.781. The Bertz CT molecular complexity index is 410. The summed E-state index contributed by atoms with van der Waals surface area (Å²) in [6, 6.07) is 2.30. The number of carbonyl (C=O) groups is 2. The zero-order valence-corrected chi connectivity index (χ0v) is 13.2. The molecule has 4 bridgehead atoms. The Morgan fingerprint density at radius 2 is 1.29 bits per heavy atom. The van der Waals surface area contributed by atoms with Crippen LogP contribution in [0.2, 0.25) is 0 Å². The summed E-state index contributed by atoms with van der Waals surface area (Å²) in [6.45, 7) is 0.853. The van der Waals surface area contributed by atoms with E-state index in [9.17, 15) is 9.59 Å². The molecular formula is C16H27N3O2. The number of fused-ring (bicyclic) bond motifs is 4. The minimum Gasteiger partial charge on any atom is -0.354 e. The smallest absolute Gasteiger partial charge is 0.221 e. The fourth-order valence-corrected chi connectivity index (χ4v) is 4.29. The van der Waals surface area contributed by atoms with Crippen molar-refractivity contribution in [3.63, 3.8) is 0 Å². The molecule has 0 aromatic heterocycles. The summed E-state index contributed by atoms with van der Waals surface area (Å²) in [4.78, 5) is 26.8. The summed E-state index contributed by atoms with van der Waals surface area (Å²) in [5.74, 6) is 0.703. The molecule has 2 unspecified atom stereocenters. The molecule has 118 valence electrons. The van der Waals surface area contributed by atoms with E-state index in [0.29, 0.717) is 36.4 Å². The Kier molecular flexibility index (Phi) is 4.31. The standard InChI is InChI=1S/C8H14N2O.C8H13NO/c1-10-6-2-3-7(10)5-9-8(11)4-6;1-9-6-2-3-7(9)5-8(10)4-6/h6-7H,2-5H2,1H3,(H,9,11);6-7H,2-5H2,1H3/t;6-,7+. The first-order valence-corrected chi connectivity index (χ1v) is 8.27. The molecule has 0 aliphatic carbocycles. The van der Waals surface area contributed by atoms with Crippen LogP contribution in [0.1, 0.15) is 44.9 Å². The fraction of sp³-hybridized carbons (Fsp3) is 0.875. The molecule has 21 heavy (non-hydrogen) atoms. The van der Waals surface area contributed by atoms with Crippen LogP contribution in [0.25, 0.3) is 0 Å². The van der Waals surface area contributed by atoms with Gasteiger partial charge in [0.05, 0.1) is 0 Å². The highest BCUT2D eigenvalue weighted by Crippen LogP contribution is 2.31. The van der Waals surface area contributed by atoms with Crippen molar-refractivity contribution in [3.05, 3.63) is 0 Å². The van der Waals surface area contributed by atoms with Gasteiger partial charge in [-0.25, -0.2) is 0 Å². The number of ketones is 1. The molecule has 0 radical (unpaired) electrons. The lowest BCUT2D eigenvalue weighted by molar-refractivity contribution is -0.123. The zero-order valence-electron chi connectivity index (χ0n) is 13.2. The summed E-state index contributed by atoms with van der Waals surface area (Å²) in [7, 11) is 4.28. The van der Waals surface area contributed by atoms with Gasteiger partial charge < -0.3 is 5.32 Å². The van der Waals surface area contributed by atoms with Crippen LogP contribution in [0.5, 0.6) is 0 Å². The summed E-state index contributed by atoms with van der Waals surface area (Å²) in [5, 5.41) is 2.93. The lowest BCUT2D eigenvalue weighted by atomic mass is 10.0. The van der Waals surface area contributed by atoms with Crippen LogP contribution in [0, 0.1) is 0 Å². The van der Waals surface area contributed by atoms with E-state index in [1.807, 2.05) is 0 Å². The third-order valence-electron chi connectivity index (χ3n) is 5.85. The topological polar surface area (TPSA) is 52.7 Å². The van der Waals surface area contributed by atoms with Crippen molar-refractivity contribution in [2.24, 2.45) is 0 Å². The number of Topliss-reactive ketones (excluding diaryl/α,β-unsaturated/α-hetero) is 1. The monoisotopic (exact) mass is 293 g/mol. The molecule has 4 fully saturated rings. The van der Waals surface area contributed by atoms with E-state index in [1.54, 1.807) is 0 Å². The van der Waals surface area contributed by atoms with Gasteiger partial charge in [-0.1, -0.05) is 0 Å². The van der Waals surface area contributed by atoms with Gasteiger partial charge in [-0.05, 0) is 39.8 Å². The Labute approximate surface area is 127 Å². The largest absolute Gasteiger partial charge is 0.354 e. The Balaban J connectivity index is 0.000000126. The highest BCUT2D eigenvalue weighted by Gasteiger charge is 2.37. The molecule has 1 amide bonds. The lowest BCUT2D eigenvalue weighted by Crippen LogP contribution is -2.39. The summed E-state index contributed by atoms with van der Waals surface area (Å²) in [6.07, 6.45) is 7.27. The number of nitrogens with zero attached hydrogens (tertiary/aromatic N) is 2. The van der Waals surface area contributed by atoms with E-state index in [0.717, 1.165) is 19.4 Å². The third kappa shape index (κ3) is 3.14. The van der Waals surface area contributed by atoms with Crippen LogP contribution in [0.4, 0.5) is 0 Å². The molecule has 4 aliphatic rings. The fourth-order valence-electron chi connectivity index (χ4n) is 4.29. The summed E-state index contributed by atoms with van der Waals surface area (Å²) >= 11 is 0. The van der Waals surface area contributed by atoms with Gasteiger partial charge >= 0.3 is 0 Å². The highest BCUT2D eigenvalue weighted by molar-refractivity contribution is 5.80. The molecule has 0 aromatic rings. The molecule has 4 heterocycles. The van der Waals surface area contributed by atoms with Gasteiger partial charge in [-0.2, -0.15) is 0 Å². The number of amides is 1. The first kappa shape index (κ1) is 15.0. The maximum atomic E-state index is 11.1.